The van der Waals surface area contributed by atoms with Crippen molar-refractivity contribution in [1.29, 1.82) is 0 Å². The molecule has 0 bridgehead atoms. The van der Waals surface area contributed by atoms with Crippen LogP contribution in [0.1, 0.15) is 50.2 Å². The van der Waals surface area contributed by atoms with Gasteiger partial charge in [0.2, 0.25) is 45.3 Å². The Morgan fingerprint density at radius 3 is 1.24 bits per heavy atom. The molecule has 738 valence electrons. The largest absolute Gasteiger partial charge is 0.508 e. The number of H-pyrrole nitrogens is 5. The lowest BCUT2D eigenvalue weighted by molar-refractivity contribution is -0.114. The number of aromatic nitrogens is 17. The Kier molecular flexibility index (Phi) is 36.2. The molecule has 0 fully saturated rings. The van der Waals surface area contributed by atoms with Gasteiger partial charge in [-0.25, -0.2) is 57.7 Å². The van der Waals surface area contributed by atoms with E-state index in [1.807, 2.05) is 64.1 Å². The summed E-state index contributed by atoms with van der Waals surface area (Å²) in [6.45, 7) is 35.7. The van der Waals surface area contributed by atoms with Gasteiger partial charge in [-0.05, 0) is 156 Å². The lowest BCUT2D eigenvalue weighted by atomic mass is 10.2. The number of carbonyl (C=O) groups is 6. The third-order valence-corrected chi connectivity index (χ3v) is 27.1. The van der Waals surface area contributed by atoms with E-state index in [0.717, 1.165) is 84.0 Å². The number of ether oxygens (including phenoxy) is 1. The van der Waals surface area contributed by atoms with Crippen LogP contribution < -0.4 is 42.4 Å². The number of rotatable bonds is 24. The highest BCUT2D eigenvalue weighted by molar-refractivity contribution is 8.07. The zero-order valence-corrected chi connectivity index (χ0v) is 85.0. The Balaban J connectivity index is 0.000000146. The molecule has 17 aromatic rings. The van der Waals surface area contributed by atoms with Crippen LogP contribution in [-0.4, -0.2) is 185 Å². The Labute approximate surface area is 862 Å². The molecule has 12 aromatic heterocycles. The van der Waals surface area contributed by atoms with Crippen molar-refractivity contribution < 1.29 is 56.5 Å². The number of sulfone groups is 1. The second-order valence-electron chi connectivity index (χ2n) is 31.3. The van der Waals surface area contributed by atoms with E-state index in [-0.39, 0.29) is 97.9 Å². The number of benzene rings is 5. The van der Waals surface area contributed by atoms with Crippen molar-refractivity contribution in [2.24, 2.45) is 4.99 Å². The molecule has 18 rings (SSSR count). The maximum absolute atomic E-state index is 13.5. The average molecular weight is 2120 g/mol. The molecule has 15 N–H and O–H groups in total. The van der Waals surface area contributed by atoms with Crippen molar-refractivity contribution in [2.75, 3.05) is 79.3 Å². The van der Waals surface area contributed by atoms with Gasteiger partial charge in [-0.2, -0.15) is 0 Å². The third kappa shape index (κ3) is 29.9. The van der Waals surface area contributed by atoms with Crippen molar-refractivity contribution in [2.45, 2.75) is 87.6 Å². The SMILES string of the molecule is Cc1ccc(NC(=O)CS(=O)(=O)C2=Nc3cnc(Cl)cc3C2)cc1F.Cc1ccc(NC(=O)CSc2nc3cc(Cl)ncc3[nH]2)cc1N.Cc1ccc(NC(=O)CSc2nc3cc(Cl)ncc3[nH]2)cn1.[C-]#[N+]c1cc2nc(SCC(=O)Nc3ccc(C)c(O)c3)[nH]c2cn1.[C-]#[N+]c1ncc2[nH]c(SCC(=O)Nc3ccc(C)c(O)c3)nc2c1C.[C-]#[N+]c1ncc2[nH]c(SCC(=O)Nc3ccc(C)c(OC)c3)nc2c1C. The molecule has 145 heavy (non-hydrogen) atoms. The molecule has 13 heterocycles. The Hall–Kier alpha value is -15.8. The minimum Gasteiger partial charge on any atom is -0.508 e. The zero-order chi connectivity index (χ0) is 104. The van der Waals surface area contributed by atoms with Crippen LogP contribution in [0, 0.1) is 80.9 Å². The number of phenolic OH excluding ortho intramolecular Hbond substituents is 2. The van der Waals surface area contributed by atoms with Crippen molar-refractivity contribution in [3.8, 4) is 17.2 Å². The molecule has 0 saturated carbocycles. The molecule has 1 aliphatic rings. The summed E-state index contributed by atoms with van der Waals surface area (Å²) < 4.78 is 43.5. The van der Waals surface area contributed by atoms with E-state index in [9.17, 15) is 51.8 Å². The minimum atomic E-state index is -3.90. The maximum atomic E-state index is 13.5. The first-order chi connectivity index (χ1) is 69.4. The van der Waals surface area contributed by atoms with E-state index >= 15 is 0 Å². The van der Waals surface area contributed by atoms with Crippen LogP contribution >= 0.6 is 93.6 Å². The smallest absolute Gasteiger partial charge is 0.274 e. The van der Waals surface area contributed by atoms with Gasteiger partial charge in [0.1, 0.15) is 84.5 Å². The highest BCUT2D eigenvalue weighted by Gasteiger charge is 2.30. The minimum absolute atomic E-state index is 0.0619. The van der Waals surface area contributed by atoms with Gasteiger partial charge >= 0.3 is 0 Å². The second-order valence-corrected chi connectivity index (χ2v) is 39.3. The van der Waals surface area contributed by atoms with E-state index in [0.29, 0.717) is 121 Å². The van der Waals surface area contributed by atoms with Gasteiger partial charge in [0.05, 0.1) is 111 Å². The van der Waals surface area contributed by atoms with E-state index < -0.39 is 27.3 Å². The molecule has 49 heteroatoms. The van der Waals surface area contributed by atoms with Crippen LogP contribution in [-0.2, 0) is 45.0 Å². The normalized spacial score (nSPS) is 11.1. The highest BCUT2D eigenvalue weighted by atomic mass is 35.5. The number of pyridine rings is 7. The number of amides is 6. The number of hydrogen-bond donors (Lipinski definition) is 14. The van der Waals surface area contributed by atoms with E-state index in [4.69, 9.17) is 65.0 Å². The van der Waals surface area contributed by atoms with Crippen molar-refractivity contribution in [3.05, 3.63) is 277 Å². The molecule has 0 spiro atoms. The van der Waals surface area contributed by atoms with Gasteiger partial charge in [0.25, 0.3) is 17.5 Å². The number of imidazole rings is 5. The number of fused-ring (bicyclic) bond motifs is 6. The van der Waals surface area contributed by atoms with E-state index in [1.165, 1.54) is 95.3 Å². The van der Waals surface area contributed by atoms with Crippen molar-refractivity contribution in [3.63, 3.8) is 0 Å². The monoisotopic (exact) mass is 2120 g/mol. The number of aromatic hydroxyl groups is 2. The first kappa shape index (κ1) is 106. The fourth-order valence-corrected chi connectivity index (χ4v) is 18.0. The molecule has 0 atom stereocenters. The number of carbonyl (C=O) groups excluding carboxylic acids is 6. The van der Waals surface area contributed by atoms with E-state index in [2.05, 4.69) is 136 Å². The number of thioether (sulfide) groups is 5. The lowest BCUT2D eigenvalue weighted by Gasteiger charge is -2.08. The van der Waals surface area contributed by atoms with Crippen molar-refractivity contribution >= 4 is 262 Å². The maximum Gasteiger partial charge on any atom is 0.274 e. The number of aryl methyl sites for hydroxylation is 8. The van der Waals surface area contributed by atoms with Crippen LogP contribution in [0.2, 0.25) is 15.5 Å². The lowest BCUT2D eigenvalue weighted by Crippen LogP contribution is -2.28. The molecule has 0 radical (unpaired) electrons. The first-order valence-electron chi connectivity index (χ1n) is 42.8. The average Bonchev–Trinajstić information content (AvgIpc) is 1.64. The fraction of sp³-hybridized carbons (Fsp3) is 0.167. The predicted molar refractivity (Wildman–Crippen MR) is 566 cm³/mol. The van der Waals surface area contributed by atoms with Gasteiger partial charge in [-0.1, -0.05) is 144 Å². The number of phenols is 2. The topological polar surface area (TPSA) is 544 Å². The fourth-order valence-electron chi connectivity index (χ4n) is 12.9. The molecule has 5 aromatic carbocycles. The molecule has 0 aliphatic carbocycles. The van der Waals surface area contributed by atoms with Crippen LogP contribution in [0.3, 0.4) is 0 Å². The van der Waals surface area contributed by atoms with Gasteiger partial charge < -0.3 is 92.0 Å². The number of nitrogens with two attached hydrogens (primary N) is 1. The standard InChI is InChI=1S/C18H17N5O2S.C17H15N5O2S.C16H13ClFN3O3S.C16H13N5O2S.C15H14ClN5OS.C14H12ClN5OS/c1-10-5-6-12(7-14(10)25-4)21-15(24)9-26-18-22-13-8-20-17(19-3)11(2)16(13)23-18;1-9-4-5-11(6-13(9)23)20-14(24)8-25-17-21-12-7-19-16(18-3)10(2)15(12)22-17;1-9-2-3-11(6-12(9)18)20-15(22)8-25(23,24)16-5-10-4-14(17)19-7-13(10)21-16;1-9-3-4-10(5-13(9)22)19-15(23)8-24-16-20-11-6-14(17-2)18-7-12(11)21-16;1-8-2-3-9(4-10(8)17)19-14(22)7-23-15-20-11-5-13(16)18-6-12(11)21-15;1-8-2-3-9(5-16-8)18-13(21)7-22-14-19-10-4-12(15)17-6-11(10)20-14/h5-8H,9H2,1-2,4H3,(H,21,24)(H,22,23);4-7,23H,8H2,1-2H3,(H,20,24)(H,21,22);2-4,6-7H,5,8H2,1H3,(H,20,22);3-7,22H,8H2,1H3,(H,19,23)(H,20,21);2-6H,7,17H2,1H3,(H,19,22)(H,20,21);2-6H,7H2,1H3,(H,18,21)(H,19,20). The zero-order valence-electron chi connectivity index (χ0n) is 77.9. The summed E-state index contributed by atoms with van der Waals surface area (Å²) in [5.41, 5.74) is 24.4. The van der Waals surface area contributed by atoms with Crippen molar-refractivity contribution in [1.82, 2.24) is 84.7 Å². The first-order valence-corrected chi connectivity index (χ1v) is 50.5. The summed E-state index contributed by atoms with van der Waals surface area (Å²) in [6.07, 6.45) is 11.0. The Morgan fingerprint density at radius 2 is 0.807 bits per heavy atom. The number of nitrogens with one attached hydrogen (secondary N) is 11. The molecular weight excluding hydrogens is 2040 g/mol. The molecule has 0 unspecified atom stereocenters. The van der Waals surface area contributed by atoms with Crippen LogP contribution in [0.5, 0.6) is 17.2 Å². The number of halogens is 4. The van der Waals surface area contributed by atoms with Gasteiger partial charge in [0.15, 0.2) is 25.8 Å². The van der Waals surface area contributed by atoms with Gasteiger partial charge in [-0.3, -0.25) is 33.8 Å². The summed E-state index contributed by atoms with van der Waals surface area (Å²) >= 11 is 23.8. The molecule has 0 saturated heterocycles. The molecular formula is C96H84Cl3FN28O11S6. The van der Waals surface area contributed by atoms with E-state index in [1.54, 1.807) is 127 Å². The number of anilines is 7. The Morgan fingerprint density at radius 1 is 0.428 bits per heavy atom. The summed E-state index contributed by atoms with van der Waals surface area (Å²) in [5.74, 6) is 0.134. The molecule has 6 amide bonds. The number of aliphatic imine (C=N–C) groups is 1. The summed E-state index contributed by atoms with van der Waals surface area (Å²) in [6, 6.07) is 35.2. The van der Waals surface area contributed by atoms with Crippen LogP contribution in [0.25, 0.3) is 69.7 Å². The summed E-state index contributed by atoms with van der Waals surface area (Å²) in [5, 5.41) is 39.5. The van der Waals surface area contributed by atoms with Gasteiger partial charge in [-0.15, -0.1) is 15.0 Å². The molecule has 39 nitrogen and oxygen atoms in total. The number of methoxy groups -OCH3 is 1. The number of aromatic amines is 5. The summed E-state index contributed by atoms with van der Waals surface area (Å²) in [4.78, 5) is 152. The number of nitrogen functional groups attached to an aromatic ring is 1. The number of hydrogen-bond acceptors (Lipinski definition) is 30. The van der Waals surface area contributed by atoms with Crippen LogP contribution in [0.15, 0.2) is 202 Å². The molecule has 1 aliphatic heterocycles. The quantitative estimate of drug-likeness (QED) is 0.0116. The predicted octanol–water partition coefficient (Wildman–Crippen LogP) is 19.8. The third-order valence-electron chi connectivity index (χ3n) is 20.5. The van der Waals surface area contributed by atoms with Crippen LogP contribution in [0.4, 0.5) is 67.3 Å². The Bertz CT molecular complexity index is 8110. The highest BCUT2D eigenvalue weighted by Crippen LogP contribution is 2.35. The number of nitrogens with zero attached hydrogens (tertiary/aromatic N) is 16. The second kappa shape index (κ2) is 49.2. The summed E-state index contributed by atoms with van der Waals surface area (Å²) in [7, 11) is -2.31. The van der Waals surface area contributed by atoms with Gasteiger partial charge in [0, 0.05) is 87.7 Å².